The third-order valence-corrected chi connectivity index (χ3v) is 3.07. The number of thiocarbonyl (C=S) groups is 1. The molecule has 0 heterocycles. The Balaban J connectivity index is 2.20. The highest BCUT2D eigenvalue weighted by Gasteiger charge is 2.23. The van der Waals surface area contributed by atoms with Crippen molar-refractivity contribution >= 4 is 17.3 Å². The van der Waals surface area contributed by atoms with Crippen LogP contribution >= 0.6 is 12.2 Å². The summed E-state index contributed by atoms with van der Waals surface area (Å²) in [6.07, 6.45) is 2.53. The molecule has 82 valence electrons. The monoisotopic (exact) mass is 215 g/mol. The van der Waals surface area contributed by atoms with E-state index in [1.165, 1.54) is 12.8 Å². The van der Waals surface area contributed by atoms with E-state index in [2.05, 4.69) is 43.5 Å². The van der Waals surface area contributed by atoms with Crippen LogP contribution < -0.4 is 10.6 Å². The van der Waals surface area contributed by atoms with Gasteiger partial charge in [0.1, 0.15) is 0 Å². The van der Waals surface area contributed by atoms with Gasteiger partial charge in [0.25, 0.3) is 0 Å². The van der Waals surface area contributed by atoms with Crippen LogP contribution in [0.2, 0.25) is 0 Å². The maximum absolute atomic E-state index is 5.18. The van der Waals surface area contributed by atoms with Crippen LogP contribution in [0.1, 0.15) is 26.7 Å². The van der Waals surface area contributed by atoms with Crippen LogP contribution in [0.4, 0.5) is 0 Å². The van der Waals surface area contributed by atoms with Crippen LogP contribution in [0, 0.1) is 0 Å². The van der Waals surface area contributed by atoms with Gasteiger partial charge in [-0.05, 0) is 53.0 Å². The van der Waals surface area contributed by atoms with E-state index in [-0.39, 0.29) is 5.54 Å². The Hall–Kier alpha value is -0.350. The number of likely N-dealkylation sites (N-methyl/N-ethyl adjacent to an activating group) is 1. The Bertz CT molecular complexity index is 209. The molecule has 0 amide bonds. The lowest BCUT2D eigenvalue weighted by Gasteiger charge is -2.33. The van der Waals surface area contributed by atoms with Gasteiger partial charge in [0.2, 0.25) is 0 Å². The number of hydrogen-bond acceptors (Lipinski definition) is 2. The van der Waals surface area contributed by atoms with Crippen LogP contribution in [-0.4, -0.2) is 42.2 Å². The molecule has 3 nitrogen and oxygen atoms in total. The highest BCUT2D eigenvalue weighted by molar-refractivity contribution is 7.80. The predicted octanol–water partition coefficient (Wildman–Crippen LogP) is 0.953. The van der Waals surface area contributed by atoms with Crippen molar-refractivity contribution in [3.8, 4) is 0 Å². The molecule has 0 unspecified atom stereocenters. The Labute approximate surface area is 92.2 Å². The van der Waals surface area contributed by atoms with Gasteiger partial charge < -0.3 is 15.5 Å². The lowest BCUT2D eigenvalue weighted by atomic mass is 10.1. The minimum absolute atomic E-state index is 0.134. The van der Waals surface area contributed by atoms with Gasteiger partial charge in [-0.15, -0.1) is 0 Å². The molecule has 0 saturated heterocycles. The molecule has 0 aromatic carbocycles. The first-order valence-corrected chi connectivity index (χ1v) is 5.54. The van der Waals surface area contributed by atoms with Gasteiger partial charge in [-0.2, -0.15) is 0 Å². The van der Waals surface area contributed by atoms with Crippen molar-refractivity contribution < 1.29 is 0 Å². The quantitative estimate of drug-likeness (QED) is 0.683. The topological polar surface area (TPSA) is 27.3 Å². The van der Waals surface area contributed by atoms with E-state index in [1.54, 1.807) is 0 Å². The standard InChI is InChI=1S/C10H21N3S/c1-10(2,13(3)4)7-11-9(14)12-8-5-6-8/h8H,5-7H2,1-4H3,(H2,11,12,14). The van der Waals surface area contributed by atoms with Crippen molar-refractivity contribution in [3.05, 3.63) is 0 Å². The summed E-state index contributed by atoms with van der Waals surface area (Å²) in [7, 11) is 4.16. The van der Waals surface area contributed by atoms with Crippen molar-refractivity contribution in [2.45, 2.75) is 38.3 Å². The second-order valence-corrected chi connectivity index (χ2v) is 5.22. The van der Waals surface area contributed by atoms with E-state index in [0.717, 1.165) is 11.7 Å². The van der Waals surface area contributed by atoms with Crippen molar-refractivity contribution in [3.63, 3.8) is 0 Å². The fraction of sp³-hybridized carbons (Fsp3) is 0.900. The molecule has 0 atom stereocenters. The van der Waals surface area contributed by atoms with Gasteiger partial charge in [0, 0.05) is 18.1 Å². The maximum atomic E-state index is 5.18. The van der Waals surface area contributed by atoms with Crippen LogP contribution in [0.25, 0.3) is 0 Å². The number of nitrogens with one attached hydrogen (secondary N) is 2. The molecule has 4 heteroatoms. The first-order chi connectivity index (χ1) is 6.42. The molecular weight excluding hydrogens is 194 g/mol. The molecule has 1 saturated carbocycles. The fourth-order valence-electron chi connectivity index (χ4n) is 0.919. The minimum Gasteiger partial charge on any atom is -0.361 e. The summed E-state index contributed by atoms with van der Waals surface area (Å²) in [5.74, 6) is 0. The lowest BCUT2D eigenvalue weighted by molar-refractivity contribution is 0.198. The van der Waals surface area contributed by atoms with Crippen LogP contribution in [0.5, 0.6) is 0 Å². The van der Waals surface area contributed by atoms with Gasteiger partial charge in [-0.3, -0.25) is 0 Å². The van der Waals surface area contributed by atoms with Crippen molar-refractivity contribution in [2.24, 2.45) is 0 Å². The molecular formula is C10H21N3S. The van der Waals surface area contributed by atoms with E-state index in [4.69, 9.17) is 12.2 Å². The average molecular weight is 215 g/mol. The van der Waals surface area contributed by atoms with E-state index < -0.39 is 0 Å². The molecule has 0 aliphatic heterocycles. The summed E-state index contributed by atoms with van der Waals surface area (Å²) in [6.45, 7) is 5.26. The molecule has 1 fully saturated rings. The Morgan fingerprint density at radius 2 is 2.00 bits per heavy atom. The summed E-state index contributed by atoms with van der Waals surface area (Å²) in [4.78, 5) is 2.19. The molecule has 14 heavy (non-hydrogen) atoms. The number of hydrogen-bond donors (Lipinski definition) is 2. The molecule has 0 aromatic heterocycles. The molecule has 0 aromatic rings. The molecule has 1 rings (SSSR count). The second-order valence-electron chi connectivity index (χ2n) is 4.81. The third kappa shape index (κ3) is 3.80. The van der Waals surface area contributed by atoms with Gasteiger partial charge in [0.15, 0.2) is 5.11 Å². The van der Waals surface area contributed by atoms with Crippen LogP contribution in [0.3, 0.4) is 0 Å². The summed E-state index contributed by atoms with van der Waals surface area (Å²) in [6, 6.07) is 0.637. The zero-order valence-electron chi connectivity index (χ0n) is 9.55. The number of rotatable bonds is 4. The Kier molecular flexibility index (Phi) is 3.72. The molecule has 1 aliphatic carbocycles. The Morgan fingerprint density at radius 1 is 1.43 bits per heavy atom. The summed E-state index contributed by atoms with van der Waals surface area (Å²) < 4.78 is 0. The van der Waals surface area contributed by atoms with E-state index in [1.807, 2.05) is 0 Å². The highest BCUT2D eigenvalue weighted by atomic mass is 32.1. The molecule has 0 spiro atoms. The van der Waals surface area contributed by atoms with Crippen LogP contribution in [-0.2, 0) is 0 Å². The van der Waals surface area contributed by atoms with Gasteiger partial charge >= 0.3 is 0 Å². The van der Waals surface area contributed by atoms with Crippen molar-refractivity contribution in [2.75, 3.05) is 20.6 Å². The largest absolute Gasteiger partial charge is 0.361 e. The zero-order chi connectivity index (χ0) is 10.8. The summed E-state index contributed by atoms with van der Waals surface area (Å²) >= 11 is 5.18. The number of nitrogens with zero attached hydrogens (tertiary/aromatic N) is 1. The molecule has 1 aliphatic rings. The first-order valence-electron chi connectivity index (χ1n) is 5.13. The van der Waals surface area contributed by atoms with Gasteiger partial charge in [0.05, 0.1) is 0 Å². The predicted molar refractivity (Wildman–Crippen MR) is 64.5 cm³/mol. The van der Waals surface area contributed by atoms with E-state index >= 15 is 0 Å². The smallest absolute Gasteiger partial charge is 0.166 e. The molecule has 2 N–H and O–H groups in total. The third-order valence-electron chi connectivity index (χ3n) is 2.80. The maximum Gasteiger partial charge on any atom is 0.166 e. The summed E-state index contributed by atoms with van der Waals surface area (Å²) in [5.41, 5.74) is 0.134. The minimum atomic E-state index is 0.134. The zero-order valence-corrected chi connectivity index (χ0v) is 10.4. The van der Waals surface area contributed by atoms with Crippen molar-refractivity contribution in [1.29, 1.82) is 0 Å². The van der Waals surface area contributed by atoms with Gasteiger partial charge in [-0.25, -0.2) is 0 Å². The van der Waals surface area contributed by atoms with E-state index in [0.29, 0.717) is 6.04 Å². The first kappa shape index (κ1) is 11.7. The lowest BCUT2D eigenvalue weighted by Crippen LogP contribution is -2.50. The molecule has 0 bridgehead atoms. The SMILES string of the molecule is CN(C)C(C)(C)CNC(=S)NC1CC1. The highest BCUT2D eigenvalue weighted by Crippen LogP contribution is 2.18. The average Bonchev–Trinajstić information content (AvgIpc) is 2.85. The normalized spacial score (nSPS) is 16.9. The summed E-state index contributed by atoms with van der Waals surface area (Å²) in [5, 5.41) is 7.32. The fourth-order valence-corrected chi connectivity index (χ4v) is 1.16. The second kappa shape index (κ2) is 4.45. The molecule has 0 radical (unpaired) electrons. The Morgan fingerprint density at radius 3 is 2.43 bits per heavy atom. The van der Waals surface area contributed by atoms with Crippen LogP contribution in [0.15, 0.2) is 0 Å². The van der Waals surface area contributed by atoms with Crippen molar-refractivity contribution in [1.82, 2.24) is 15.5 Å². The van der Waals surface area contributed by atoms with E-state index in [9.17, 15) is 0 Å². The van der Waals surface area contributed by atoms with Gasteiger partial charge in [-0.1, -0.05) is 0 Å².